The van der Waals surface area contributed by atoms with Crippen molar-refractivity contribution in [2.75, 3.05) is 12.8 Å². The number of pyridine rings is 1. The minimum absolute atomic E-state index is 0.0316. The summed E-state index contributed by atoms with van der Waals surface area (Å²) in [5.74, 6) is 0.844. The lowest BCUT2D eigenvalue weighted by Gasteiger charge is -2.05. The Morgan fingerprint density at radius 2 is 2.20 bits per heavy atom. The van der Waals surface area contributed by atoms with E-state index in [0.29, 0.717) is 11.4 Å². The first-order valence-electron chi connectivity index (χ1n) is 5.76. The van der Waals surface area contributed by atoms with Crippen molar-refractivity contribution in [2.24, 2.45) is 0 Å². The summed E-state index contributed by atoms with van der Waals surface area (Å²) in [6.07, 6.45) is 1.58. The van der Waals surface area contributed by atoms with Crippen LogP contribution in [0.1, 0.15) is 5.56 Å². The molecule has 2 rings (SSSR count). The van der Waals surface area contributed by atoms with Crippen molar-refractivity contribution < 1.29 is 9.66 Å². The van der Waals surface area contributed by atoms with Crippen LogP contribution in [0.4, 0.5) is 11.4 Å². The number of hydrogen-bond donors (Lipinski definition) is 1. The zero-order valence-electron chi connectivity index (χ0n) is 10.8. The second-order valence-electron chi connectivity index (χ2n) is 3.98. The Hall–Kier alpha value is -2.28. The number of nitro benzene ring substituents is 1. The summed E-state index contributed by atoms with van der Waals surface area (Å²) in [6, 6.07) is 8.51. The highest BCUT2D eigenvalue weighted by molar-refractivity contribution is 7.98. The molecule has 0 spiro atoms. The van der Waals surface area contributed by atoms with E-state index in [0.717, 1.165) is 10.6 Å². The van der Waals surface area contributed by atoms with Crippen molar-refractivity contribution in [1.29, 1.82) is 0 Å². The minimum atomic E-state index is -0.450. The zero-order valence-corrected chi connectivity index (χ0v) is 11.6. The summed E-state index contributed by atoms with van der Waals surface area (Å²) < 4.78 is 4.96. The molecule has 1 heterocycles. The molecule has 2 aromatic rings. The number of nitrogen functional groups attached to an aromatic ring is 1. The van der Waals surface area contributed by atoms with Crippen molar-refractivity contribution >= 4 is 23.1 Å². The van der Waals surface area contributed by atoms with Crippen LogP contribution in [0.5, 0.6) is 5.75 Å². The predicted octanol–water partition coefficient (Wildman–Crippen LogP) is 2.87. The Kier molecular flexibility index (Phi) is 4.41. The van der Waals surface area contributed by atoms with Gasteiger partial charge in [0.2, 0.25) is 0 Å². The number of methoxy groups -OCH3 is 1. The summed E-state index contributed by atoms with van der Waals surface area (Å²) in [6.45, 7) is 0. The van der Waals surface area contributed by atoms with Gasteiger partial charge in [-0.25, -0.2) is 4.98 Å². The van der Waals surface area contributed by atoms with E-state index >= 15 is 0 Å². The molecule has 1 aromatic carbocycles. The van der Waals surface area contributed by atoms with Crippen LogP contribution in [0.15, 0.2) is 41.6 Å². The number of nitro groups is 1. The molecular weight excluding hydrogens is 278 g/mol. The topological polar surface area (TPSA) is 91.3 Å². The first kappa shape index (κ1) is 14.1. The van der Waals surface area contributed by atoms with Gasteiger partial charge in [-0.15, -0.1) is 11.8 Å². The number of nitrogens with two attached hydrogens (primary N) is 1. The molecule has 0 saturated heterocycles. The Balaban J connectivity index is 2.11. The molecule has 6 nitrogen and oxygen atoms in total. The average molecular weight is 291 g/mol. The van der Waals surface area contributed by atoms with E-state index in [4.69, 9.17) is 10.5 Å². The van der Waals surface area contributed by atoms with Crippen molar-refractivity contribution in [3.63, 3.8) is 0 Å². The zero-order chi connectivity index (χ0) is 14.5. The maximum Gasteiger partial charge on any atom is 0.311 e. The van der Waals surface area contributed by atoms with E-state index in [1.165, 1.54) is 24.9 Å². The quantitative estimate of drug-likeness (QED) is 0.517. The van der Waals surface area contributed by atoms with Gasteiger partial charge in [-0.05, 0) is 23.8 Å². The third kappa shape index (κ3) is 3.39. The first-order chi connectivity index (χ1) is 9.60. The SMILES string of the molecule is COc1ccc(CSc2ccc(N)cn2)cc1[N+](=O)[O-]. The van der Waals surface area contributed by atoms with Gasteiger partial charge in [-0.3, -0.25) is 10.1 Å². The van der Waals surface area contributed by atoms with Crippen molar-refractivity contribution in [3.05, 3.63) is 52.2 Å². The van der Waals surface area contributed by atoms with E-state index in [2.05, 4.69) is 4.98 Å². The second-order valence-corrected chi connectivity index (χ2v) is 4.98. The Labute approximate surface area is 120 Å². The molecule has 0 fully saturated rings. The number of rotatable bonds is 5. The largest absolute Gasteiger partial charge is 0.490 e. The molecule has 0 bridgehead atoms. The highest BCUT2D eigenvalue weighted by atomic mass is 32.2. The molecule has 0 aliphatic carbocycles. The summed E-state index contributed by atoms with van der Waals surface area (Å²) in [5.41, 5.74) is 6.97. The van der Waals surface area contributed by atoms with Gasteiger partial charge in [0, 0.05) is 11.8 Å². The fraction of sp³-hybridized carbons (Fsp3) is 0.154. The number of benzene rings is 1. The van der Waals surface area contributed by atoms with Gasteiger partial charge >= 0.3 is 5.69 Å². The lowest BCUT2D eigenvalue weighted by atomic mass is 10.2. The summed E-state index contributed by atoms with van der Waals surface area (Å²) in [4.78, 5) is 14.7. The summed E-state index contributed by atoms with van der Waals surface area (Å²) in [7, 11) is 1.41. The van der Waals surface area contributed by atoms with Crippen molar-refractivity contribution in [2.45, 2.75) is 10.8 Å². The highest BCUT2D eigenvalue weighted by Gasteiger charge is 2.15. The second kappa shape index (κ2) is 6.25. The molecule has 104 valence electrons. The Morgan fingerprint density at radius 1 is 1.40 bits per heavy atom. The van der Waals surface area contributed by atoms with Crippen LogP contribution in [0.25, 0.3) is 0 Å². The molecular formula is C13H13N3O3S. The lowest BCUT2D eigenvalue weighted by molar-refractivity contribution is -0.385. The molecule has 0 saturated carbocycles. The first-order valence-corrected chi connectivity index (χ1v) is 6.74. The molecule has 0 amide bonds. The molecule has 0 atom stereocenters. The lowest BCUT2D eigenvalue weighted by Crippen LogP contribution is -1.95. The fourth-order valence-corrected chi connectivity index (χ4v) is 2.39. The number of thioether (sulfide) groups is 1. The Morgan fingerprint density at radius 3 is 2.80 bits per heavy atom. The van der Waals surface area contributed by atoms with Crippen LogP contribution in [-0.2, 0) is 5.75 Å². The van der Waals surface area contributed by atoms with E-state index < -0.39 is 4.92 Å². The molecule has 7 heteroatoms. The van der Waals surface area contributed by atoms with Crippen LogP contribution in [0, 0.1) is 10.1 Å². The van der Waals surface area contributed by atoms with Crippen LogP contribution in [0.2, 0.25) is 0 Å². The maximum absolute atomic E-state index is 10.9. The summed E-state index contributed by atoms with van der Waals surface area (Å²) in [5, 5.41) is 11.8. The molecule has 0 aliphatic heterocycles. The van der Waals surface area contributed by atoms with Crippen LogP contribution in [0.3, 0.4) is 0 Å². The van der Waals surface area contributed by atoms with Gasteiger partial charge in [-0.1, -0.05) is 6.07 Å². The molecule has 1 aromatic heterocycles. The van der Waals surface area contributed by atoms with E-state index in [-0.39, 0.29) is 11.4 Å². The predicted molar refractivity (Wildman–Crippen MR) is 77.9 cm³/mol. The number of nitrogens with zero attached hydrogens (tertiary/aromatic N) is 2. The third-order valence-electron chi connectivity index (χ3n) is 2.59. The van der Waals surface area contributed by atoms with E-state index in [9.17, 15) is 10.1 Å². The highest BCUT2D eigenvalue weighted by Crippen LogP contribution is 2.30. The van der Waals surface area contributed by atoms with Crippen LogP contribution < -0.4 is 10.5 Å². The van der Waals surface area contributed by atoms with Gasteiger partial charge in [-0.2, -0.15) is 0 Å². The molecule has 0 radical (unpaired) electrons. The monoisotopic (exact) mass is 291 g/mol. The standard InChI is InChI=1S/C13H13N3O3S/c1-19-12-4-2-9(6-11(12)16(17)18)8-20-13-5-3-10(14)7-15-13/h2-7H,8,14H2,1H3. The number of hydrogen-bond acceptors (Lipinski definition) is 6. The number of ether oxygens (including phenoxy) is 1. The van der Waals surface area contributed by atoms with Crippen molar-refractivity contribution in [3.8, 4) is 5.75 Å². The maximum atomic E-state index is 10.9. The molecule has 20 heavy (non-hydrogen) atoms. The van der Waals surface area contributed by atoms with Crippen LogP contribution in [-0.4, -0.2) is 17.0 Å². The van der Waals surface area contributed by atoms with E-state index in [1.54, 1.807) is 24.4 Å². The minimum Gasteiger partial charge on any atom is -0.490 e. The van der Waals surface area contributed by atoms with Gasteiger partial charge in [0.25, 0.3) is 0 Å². The van der Waals surface area contributed by atoms with Gasteiger partial charge in [0.1, 0.15) is 0 Å². The fourth-order valence-electron chi connectivity index (χ4n) is 1.60. The molecule has 2 N–H and O–H groups in total. The Bertz CT molecular complexity index is 617. The smallest absolute Gasteiger partial charge is 0.311 e. The number of anilines is 1. The van der Waals surface area contributed by atoms with Gasteiger partial charge in [0.05, 0.1) is 28.9 Å². The van der Waals surface area contributed by atoms with Gasteiger partial charge < -0.3 is 10.5 Å². The molecule has 0 aliphatic rings. The third-order valence-corrected chi connectivity index (χ3v) is 3.60. The van der Waals surface area contributed by atoms with Crippen molar-refractivity contribution in [1.82, 2.24) is 4.98 Å². The summed E-state index contributed by atoms with van der Waals surface area (Å²) >= 11 is 1.49. The number of aromatic nitrogens is 1. The van der Waals surface area contributed by atoms with E-state index in [1.807, 2.05) is 6.07 Å². The normalized spacial score (nSPS) is 10.2. The average Bonchev–Trinajstić information content (AvgIpc) is 2.46. The molecule has 0 unspecified atom stereocenters. The van der Waals surface area contributed by atoms with Gasteiger partial charge in [0.15, 0.2) is 5.75 Å². The van der Waals surface area contributed by atoms with Crippen LogP contribution >= 0.6 is 11.8 Å².